The Labute approximate surface area is 178 Å². The molecule has 0 heterocycles. The fourth-order valence-corrected chi connectivity index (χ4v) is 3.56. The molecule has 4 aromatic rings. The maximum atomic E-state index is 12.2. The van der Waals surface area contributed by atoms with E-state index in [0.29, 0.717) is 0 Å². The summed E-state index contributed by atoms with van der Waals surface area (Å²) in [6.07, 6.45) is 1.84. The van der Waals surface area contributed by atoms with Crippen molar-refractivity contribution in [2.75, 3.05) is 0 Å². The van der Waals surface area contributed by atoms with Gasteiger partial charge in [-0.3, -0.25) is 0 Å². The van der Waals surface area contributed by atoms with Crippen LogP contribution in [0, 0.1) is 11.8 Å². The highest BCUT2D eigenvalue weighted by Gasteiger charge is 2.36. The van der Waals surface area contributed by atoms with Crippen LogP contribution in [-0.4, -0.2) is 5.11 Å². The molecule has 0 saturated carbocycles. The van der Waals surface area contributed by atoms with Crippen molar-refractivity contribution in [1.82, 2.24) is 0 Å². The van der Waals surface area contributed by atoms with Crippen LogP contribution in [0.4, 0.5) is 0 Å². The molecule has 4 rings (SSSR count). The molecular weight excluding hydrogens is 364 g/mol. The van der Waals surface area contributed by atoms with Gasteiger partial charge in [0.25, 0.3) is 0 Å². The number of hydrogen-bond donors (Lipinski definition) is 1. The van der Waals surface area contributed by atoms with E-state index in [1.54, 1.807) is 0 Å². The van der Waals surface area contributed by atoms with Crippen molar-refractivity contribution < 1.29 is 5.11 Å². The fourth-order valence-electron chi connectivity index (χ4n) is 3.56. The molecule has 0 aliphatic carbocycles. The first-order valence-electron chi connectivity index (χ1n) is 9.94. The second-order valence-electron chi connectivity index (χ2n) is 7.00. The number of benzene rings is 4. The number of rotatable bonds is 4. The molecule has 0 aliphatic heterocycles. The van der Waals surface area contributed by atoms with Crippen molar-refractivity contribution in [3.05, 3.63) is 150 Å². The zero-order chi connectivity index (χ0) is 20.7. The molecule has 0 aromatic heterocycles. The molecule has 0 aliphatic rings. The lowest BCUT2D eigenvalue weighted by Gasteiger charge is -2.32. The van der Waals surface area contributed by atoms with Gasteiger partial charge in [0.05, 0.1) is 0 Å². The van der Waals surface area contributed by atoms with Gasteiger partial charge in [-0.2, -0.15) is 0 Å². The molecule has 0 amide bonds. The van der Waals surface area contributed by atoms with Gasteiger partial charge in [-0.15, -0.1) is 0 Å². The number of hydrogen-bond acceptors (Lipinski definition) is 1. The summed E-state index contributed by atoms with van der Waals surface area (Å²) in [6, 6.07) is 39.3. The van der Waals surface area contributed by atoms with Crippen LogP contribution in [0.5, 0.6) is 0 Å². The molecule has 1 nitrogen and oxygen atoms in total. The maximum Gasteiger partial charge on any atom is 0.141 e. The summed E-state index contributed by atoms with van der Waals surface area (Å²) in [7, 11) is 0. The molecule has 0 bridgehead atoms. The van der Waals surface area contributed by atoms with E-state index in [4.69, 9.17) is 0 Å². The lowest BCUT2D eigenvalue weighted by molar-refractivity contribution is 0.145. The summed E-state index contributed by atoms with van der Waals surface area (Å²) in [5, 5.41) is 12.2. The Kier molecular flexibility index (Phi) is 5.90. The van der Waals surface area contributed by atoms with Crippen LogP contribution < -0.4 is 0 Å². The van der Waals surface area contributed by atoms with Crippen LogP contribution in [0.15, 0.2) is 127 Å². The van der Waals surface area contributed by atoms with Crippen molar-refractivity contribution >= 4 is 5.57 Å². The quantitative estimate of drug-likeness (QED) is 0.423. The first-order chi connectivity index (χ1) is 14.8. The minimum absolute atomic E-state index is 0.740. The molecule has 0 atom stereocenters. The van der Waals surface area contributed by atoms with Gasteiger partial charge in [0.2, 0.25) is 0 Å². The Morgan fingerprint density at radius 2 is 1.03 bits per heavy atom. The fraction of sp³-hybridized carbons (Fsp3) is 0.0345. The van der Waals surface area contributed by atoms with Crippen molar-refractivity contribution in [3.8, 4) is 11.8 Å². The first-order valence-corrected chi connectivity index (χ1v) is 9.94. The summed E-state index contributed by atoms with van der Waals surface area (Å²) in [6.45, 7) is 0. The summed E-state index contributed by atoms with van der Waals surface area (Å²) >= 11 is 0. The summed E-state index contributed by atoms with van der Waals surface area (Å²) in [5.41, 5.74) is 2.86. The van der Waals surface area contributed by atoms with Crippen LogP contribution in [-0.2, 0) is 5.60 Å². The normalized spacial score (nSPS) is 11.4. The number of aliphatic hydroxyl groups is 1. The van der Waals surface area contributed by atoms with Gasteiger partial charge in [-0.1, -0.05) is 121 Å². The van der Waals surface area contributed by atoms with E-state index in [9.17, 15) is 5.11 Å². The van der Waals surface area contributed by atoms with Crippen LogP contribution in [0.2, 0.25) is 0 Å². The first kappa shape index (κ1) is 19.5. The third-order valence-corrected chi connectivity index (χ3v) is 5.06. The SMILES string of the molecule is OC(/C(=C\C#Cc1ccccc1)c1ccccc1)(c1ccccc1)c1ccccc1. The molecule has 4 aromatic carbocycles. The lowest BCUT2D eigenvalue weighted by atomic mass is 9.77. The highest BCUT2D eigenvalue weighted by molar-refractivity contribution is 5.79. The van der Waals surface area contributed by atoms with E-state index < -0.39 is 5.60 Å². The van der Waals surface area contributed by atoms with Gasteiger partial charge < -0.3 is 5.11 Å². The average molecular weight is 386 g/mol. The Morgan fingerprint density at radius 3 is 1.53 bits per heavy atom. The molecule has 1 heteroatoms. The van der Waals surface area contributed by atoms with E-state index >= 15 is 0 Å². The molecule has 1 N–H and O–H groups in total. The molecule has 144 valence electrons. The van der Waals surface area contributed by atoms with Crippen LogP contribution >= 0.6 is 0 Å². The van der Waals surface area contributed by atoms with Crippen LogP contribution in [0.1, 0.15) is 22.3 Å². The van der Waals surface area contributed by atoms with Crippen LogP contribution in [0.25, 0.3) is 5.57 Å². The smallest absolute Gasteiger partial charge is 0.141 e. The third-order valence-electron chi connectivity index (χ3n) is 5.06. The van der Waals surface area contributed by atoms with E-state index in [-0.39, 0.29) is 0 Å². The van der Waals surface area contributed by atoms with Gasteiger partial charge in [-0.25, -0.2) is 0 Å². The zero-order valence-electron chi connectivity index (χ0n) is 16.6. The van der Waals surface area contributed by atoms with Crippen molar-refractivity contribution in [1.29, 1.82) is 0 Å². The molecule has 0 spiro atoms. The third kappa shape index (κ3) is 4.10. The molecule has 0 radical (unpaired) electrons. The van der Waals surface area contributed by atoms with E-state index in [1.807, 2.05) is 127 Å². The molecule has 0 unspecified atom stereocenters. The summed E-state index contributed by atoms with van der Waals surface area (Å²) in [5.74, 6) is 6.36. The van der Waals surface area contributed by atoms with Crippen molar-refractivity contribution in [2.24, 2.45) is 0 Å². The average Bonchev–Trinajstić information content (AvgIpc) is 2.84. The van der Waals surface area contributed by atoms with Gasteiger partial charge in [-0.05, 0) is 34.9 Å². The van der Waals surface area contributed by atoms with Gasteiger partial charge in [0, 0.05) is 11.1 Å². The largest absolute Gasteiger partial charge is 0.376 e. The van der Waals surface area contributed by atoms with Crippen molar-refractivity contribution in [3.63, 3.8) is 0 Å². The lowest BCUT2D eigenvalue weighted by Crippen LogP contribution is -2.29. The summed E-state index contributed by atoms with van der Waals surface area (Å²) in [4.78, 5) is 0. The second-order valence-corrected chi connectivity index (χ2v) is 7.00. The highest BCUT2D eigenvalue weighted by atomic mass is 16.3. The maximum absolute atomic E-state index is 12.2. The Balaban J connectivity index is 1.93. The molecule has 30 heavy (non-hydrogen) atoms. The second kappa shape index (κ2) is 9.09. The predicted octanol–water partition coefficient (Wildman–Crippen LogP) is 6.06. The molecule has 0 fully saturated rings. The minimum Gasteiger partial charge on any atom is -0.376 e. The van der Waals surface area contributed by atoms with Gasteiger partial charge in [0.1, 0.15) is 5.60 Å². The van der Waals surface area contributed by atoms with Crippen LogP contribution in [0.3, 0.4) is 0 Å². The van der Waals surface area contributed by atoms with Gasteiger partial charge >= 0.3 is 0 Å². The van der Waals surface area contributed by atoms with E-state index in [0.717, 1.165) is 27.8 Å². The zero-order valence-corrected chi connectivity index (χ0v) is 16.6. The topological polar surface area (TPSA) is 20.2 Å². The Bertz CT molecular complexity index is 1130. The Morgan fingerprint density at radius 1 is 0.600 bits per heavy atom. The molecular formula is C29H22O. The van der Waals surface area contributed by atoms with Crippen molar-refractivity contribution in [2.45, 2.75) is 5.60 Å². The summed E-state index contributed by atoms with van der Waals surface area (Å²) < 4.78 is 0. The minimum atomic E-state index is -1.34. The van der Waals surface area contributed by atoms with E-state index in [2.05, 4.69) is 11.8 Å². The molecule has 0 saturated heterocycles. The van der Waals surface area contributed by atoms with Gasteiger partial charge in [0.15, 0.2) is 0 Å². The number of allylic oxidation sites excluding steroid dienone is 1. The highest BCUT2D eigenvalue weighted by Crippen LogP contribution is 2.41. The predicted molar refractivity (Wildman–Crippen MR) is 124 cm³/mol. The Hall–Kier alpha value is -3.86. The monoisotopic (exact) mass is 386 g/mol. The van der Waals surface area contributed by atoms with E-state index in [1.165, 1.54) is 0 Å². The standard InChI is InChI=1S/C29H22O/c30-29(26-19-9-3-10-20-26,27-21-11-4-12-22-27)28(25-17-7-2-8-18-25)23-13-16-24-14-5-1-6-15-24/h1-12,14-15,17-23,30H/b28-23-.